The Morgan fingerprint density at radius 3 is 1.45 bits per heavy atom. The number of aliphatic hydroxyl groups is 1. The maximum Gasteiger partial charge on any atom is 0.472 e. The van der Waals surface area contributed by atoms with E-state index in [0.717, 1.165) is 51.4 Å². The second-order valence-electron chi connectivity index (χ2n) is 16.4. The van der Waals surface area contributed by atoms with E-state index in [1.165, 1.54) is 128 Å². The lowest BCUT2D eigenvalue weighted by molar-refractivity contribution is -0.870. The van der Waals surface area contributed by atoms with Crippen molar-refractivity contribution in [2.24, 2.45) is 0 Å². The SMILES string of the molecule is CCCCCCCCCCC/C=C\CCCCCCCC(=O)NC(COP(=O)(O)OCC[N+](C)(C)C)C(O)/C=C/CCCCCCCCCCCCC. The first-order valence-corrected chi connectivity index (χ1v) is 23.7. The van der Waals surface area contributed by atoms with Gasteiger partial charge in [-0.25, -0.2) is 4.57 Å². The van der Waals surface area contributed by atoms with Crippen LogP contribution in [0.5, 0.6) is 0 Å². The van der Waals surface area contributed by atoms with Crippen molar-refractivity contribution in [2.45, 2.75) is 212 Å². The lowest BCUT2D eigenvalue weighted by Crippen LogP contribution is -2.45. The second-order valence-corrected chi connectivity index (χ2v) is 17.9. The zero-order chi connectivity index (χ0) is 39.3. The van der Waals surface area contributed by atoms with Gasteiger partial charge in [0.05, 0.1) is 39.9 Å². The maximum atomic E-state index is 12.8. The van der Waals surface area contributed by atoms with E-state index in [-0.39, 0.29) is 19.1 Å². The van der Waals surface area contributed by atoms with Gasteiger partial charge in [-0.05, 0) is 44.9 Å². The van der Waals surface area contributed by atoms with Crippen molar-refractivity contribution in [2.75, 3.05) is 40.9 Å². The van der Waals surface area contributed by atoms with Crippen LogP contribution in [-0.2, 0) is 18.4 Å². The molecule has 0 aromatic rings. The van der Waals surface area contributed by atoms with Crippen LogP contribution in [0.15, 0.2) is 24.3 Å². The second kappa shape index (κ2) is 36.6. The molecule has 0 saturated heterocycles. The van der Waals surface area contributed by atoms with E-state index < -0.39 is 20.0 Å². The summed E-state index contributed by atoms with van der Waals surface area (Å²) in [5, 5.41) is 13.8. The fraction of sp³-hybridized carbons (Fsp3) is 0.886. The third kappa shape index (κ3) is 39.0. The van der Waals surface area contributed by atoms with E-state index in [4.69, 9.17) is 9.05 Å². The number of hydrogen-bond donors (Lipinski definition) is 3. The molecule has 0 aromatic carbocycles. The van der Waals surface area contributed by atoms with Crippen molar-refractivity contribution in [1.82, 2.24) is 5.32 Å². The molecule has 0 saturated carbocycles. The predicted molar refractivity (Wildman–Crippen MR) is 226 cm³/mol. The first-order chi connectivity index (χ1) is 25.5. The van der Waals surface area contributed by atoms with Crippen LogP contribution < -0.4 is 5.32 Å². The van der Waals surface area contributed by atoms with Gasteiger partial charge in [0.2, 0.25) is 5.91 Å². The van der Waals surface area contributed by atoms with E-state index in [9.17, 15) is 19.4 Å². The van der Waals surface area contributed by atoms with Crippen LogP contribution in [0.4, 0.5) is 0 Å². The van der Waals surface area contributed by atoms with Gasteiger partial charge in [0.1, 0.15) is 13.2 Å². The summed E-state index contributed by atoms with van der Waals surface area (Å²) < 4.78 is 23.5. The van der Waals surface area contributed by atoms with E-state index in [1.807, 2.05) is 27.2 Å². The van der Waals surface area contributed by atoms with Crippen molar-refractivity contribution in [3.63, 3.8) is 0 Å². The van der Waals surface area contributed by atoms with E-state index in [2.05, 4.69) is 31.3 Å². The Bertz CT molecular complexity index is 922. The van der Waals surface area contributed by atoms with Gasteiger partial charge >= 0.3 is 7.82 Å². The molecule has 3 unspecified atom stereocenters. The largest absolute Gasteiger partial charge is 0.472 e. The van der Waals surface area contributed by atoms with Gasteiger partial charge in [0.25, 0.3) is 0 Å². The monoisotopic (exact) mass is 772 g/mol. The van der Waals surface area contributed by atoms with Crippen molar-refractivity contribution in [3.8, 4) is 0 Å². The molecule has 0 heterocycles. The molecule has 314 valence electrons. The Kier molecular flexibility index (Phi) is 35.9. The molecule has 8 nitrogen and oxygen atoms in total. The molecule has 0 aromatic heterocycles. The standard InChI is InChI=1S/C44H87N2O6P/c1-6-8-10-12-14-16-18-20-21-22-23-24-26-28-30-32-34-36-38-44(48)45-42(41-52-53(49,50)51-40-39-46(3,4)5)43(47)37-35-33-31-29-27-25-19-17-15-13-11-9-7-2/h23-24,35,37,42-43,47H,6-22,25-34,36,38-41H2,1-5H3,(H-,45,48,49,50)/p+1/b24-23-,37-35+. The highest BCUT2D eigenvalue weighted by Gasteiger charge is 2.27. The number of carbonyl (C=O) groups excluding carboxylic acids is 1. The molecule has 3 N–H and O–H groups in total. The van der Waals surface area contributed by atoms with Crippen molar-refractivity contribution in [1.29, 1.82) is 0 Å². The summed E-state index contributed by atoms with van der Waals surface area (Å²) in [7, 11) is 1.57. The molecule has 3 atom stereocenters. The fourth-order valence-corrected chi connectivity index (χ4v) is 7.07. The molecule has 0 rings (SSSR count). The predicted octanol–water partition coefficient (Wildman–Crippen LogP) is 12.1. The molecule has 0 spiro atoms. The number of carbonyl (C=O) groups is 1. The highest BCUT2D eigenvalue weighted by atomic mass is 31.2. The molecule has 0 bridgehead atoms. The van der Waals surface area contributed by atoms with E-state index >= 15 is 0 Å². The number of rotatable bonds is 40. The Morgan fingerprint density at radius 2 is 1.02 bits per heavy atom. The zero-order valence-corrected chi connectivity index (χ0v) is 36.4. The molecular formula is C44H88N2O6P+. The van der Waals surface area contributed by atoms with E-state index in [1.54, 1.807) is 6.08 Å². The molecule has 0 fully saturated rings. The fourth-order valence-electron chi connectivity index (χ4n) is 6.33. The number of phosphoric ester groups is 1. The summed E-state index contributed by atoms with van der Waals surface area (Å²) in [5.41, 5.74) is 0. The van der Waals surface area contributed by atoms with Crippen molar-refractivity contribution in [3.05, 3.63) is 24.3 Å². The van der Waals surface area contributed by atoms with E-state index in [0.29, 0.717) is 17.4 Å². The zero-order valence-electron chi connectivity index (χ0n) is 35.5. The number of unbranched alkanes of at least 4 members (excludes halogenated alkanes) is 25. The number of likely N-dealkylation sites (N-methyl/N-ethyl adjacent to an activating group) is 1. The number of nitrogens with one attached hydrogen (secondary N) is 1. The topological polar surface area (TPSA) is 105 Å². The van der Waals surface area contributed by atoms with Crippen LogP contribution in [0.1, 0.15) is 200 Å². The molecule has 0 aliphatic carbocycles. The number of phosphoric acid groups is 1. The smallest absolute Gasteiger partial charge is 0.387 e. The maximum absolute atomic E-state index is 12.8. The summed E-state index contributed by atoms with van der Waals surface area (Å²) in [6, 6.07) is -0.846. The average Bonchev–Trinajstić information content (AvgIpc) is 3.10. The highest BCUT2D eigenvalue weighted by Crippen LogP contribution is 2.43. The normalized spacial score (nSPS) is 14.6. The van der Waals surface area contributed by atoms with Crippen LogP contribution in [-0.4, -0.2) is 73.4 Å². The van der Waals surface area contributed by atoms with Gasteiger partial charge < -0.3 is 19.8 Å². The number of allylic oxidation sites excluding steroid dienone is 3. The quantitative estimate of drug-likeness (QED) is 0.0248. The summed E-state index contributed by atoms with van der Waals surface area (Å²) in [5.74, 6) is -0.186. The van der Waals surface area contributed by atoms with Crippen molar-refractivity contribution >= 4 is 13.7 Å². The molecule has 9 heteroatoms. The lowest BCUT2D eigenvalue weighted by Gasteiger charge is -2.25. The Hall–Kier alpha value is -1.02. The highest BCUT2D eigenvalue weighted by molar-refractivity contribution is 7.47. The number of aliphatic hydroxyl groups excluding tert-OH is 1. The summed E-state index contributed by atoms with van der Waals surface area (Å²) in [4.78, 5) is 23.1. The summed E-state index contributed by atoms with van der Waals surface area (Å²) in [6.07, 6.45) is 42.4. The molecule has 53 heavy (non-hydrogen) atoms. The van der Waals surface area contributed by atoms with Gasteiger partial charge in [-0.3, -0.25) is 13.8 Å². The molecule has 0 aliphatic heterocycles. The third-order valence-electron chi connectivity index (χ3n) is 9.92. The summed E-state index contributed by atoms with van der Waals surface area (Å²) in [6.45, 7) is 4.80. The first-order valence-electron chi connectivity index (χ1n) is 22.2. The lowest BCUT2D eigenvalue weighted by atomic mass is 10.0. The Balaban J connectivity index is 4.41. The van der Waals surface area contributed by atoms with Gasteiger partial charge in [-0.2, -0.15) is 0 Å². The van der Waals surface area contributed by atoms with Crippen LogP contribution in [0, 0.1) is 0 Å². The van der Waals surface area contributed by atoms with Crippen LogP contribution in [0.3, 0.4) is 0 Å². The molecule has 1 amide bonds. The Morgan fingerprint density at radius 1 is 0.623 bits per heavy atom. The van der Waals surface area contributed by atoms with Gasteiger partial charge in [0, 0.05) is 6.42 Å². The van der Waals surface area contributed by atoms with Gasteiger partial charge in [-0.1, -0.05) is 173 Å². The summed E-state index contributed by atoms with van der Waals surface area (Å²) >= 11 is 0. The Labute approximate surface area is 328 Å². The number of hydrogen-bond acceptors (Lipinski definition) is 5. The number of amides is 1. The molecular weight excluding hydrogens is 683 g/mol. The number of nitrogens with zero attached hydrogens (tertiary/aromatic N) is 1. The minimum atomic E-state index is -4.33. The van der Waals surface area contributed by atoms with Crippen molar-refractivity contribution < 1.29 is 32.9 Å². The van der Waals surface area contributed by atoms with Gasteiger partial charge in [0.15, 0.2) is 0 Å². The van der Waals surface area contributed by atoms with Crippen LogP contribution in [0.2, 0.25) is 0 Å². The van der Waals surface area contributed by atoms with Crippen LogP contribution in [0.25, 0.3) is 0 Å². The number of quaternary nitrogens is 1. The minimum Gasteiger partial charge on any atom is -0.387 e. The third-order valence-corrected chi connectivity index (χ3v) is 10.9. The molecule has 0 aliphatic rings. The first kappa shape index (κ1) is 52.0. The molecule has 0 radical (unpaired) electrons. The average molecular weight is 772 g/mol. The minimum absolute atomic E-state index is 0.0609. The van der Waals surface area contributed by atoms with Gasteiger partial charge in [-0.15, -0.1) is 0 Å². The van der Waals surface area contributed by atoms with Crippen LogP contribution >= 0.6 is 7.82 Å².